The highest BCUT2D eigenvalue weighted by Gasteiger charge is 2.17. The third-order valence-corrected chi connectivity index (χ3v) is 2.49. The lowest BCUT2D eigenvalue weighted by atomic mass is 10.1. The Morgan fingerprint density at radius 3 is 2.74 bits per heavy atom. The van der Waals surface area contributed by atoms with Crippen molar-refractivity contribution in [2.24, 2.45) is 11.7 Å². The van der Waals surface area contributed by atoms with Crippen LogP contribution >= 0.6 is 0 Å². The van der Waals surface area contributed by atoms with Crippen LogP contribution in [0.2, 0.25) is 0 Å². The van der Waals surface area contributed by atoms with Crippen LogP contribution in [-0.4, -0.2) is 34.5 Å². The topological polar surface area (TPSA) is 117 Å². The van der Waals surface area contributed by atoms with E-state index in [0.717, 1.165) is 0 Å². The van der Waals surface area contributed by atoms with Gasteiger partial charge in [0.1, 0.15) is 0 Å². The maximum Gasteiger partial charge on any atom is 0.245 e. The number of carbonyl (C=O) groups excluding carboxylic acids is 2. The van der Waals surface area contributed by atoms with Gasteiger partial charge in [-0.1, -0.05) is 13.8 Å². The molecule has 1 rings (SSSR count). The van der Waals surface area contributed by atoms with E-state index in [2.05, 4.69) is 15.6 Å². The van der Waals surface area contributed by atoms with Gasteiger partial charge in [0.15, 0.2) is 11.6 Å². The second-order valence-corrected chi connectivity index (χ2v) is 4.41. The number of anilines is 1. The number of nitrogens with zero attached hydrogens (tertiary/aromatic N) is 1. The molecule has 0 unspecified atom stereocenters. The summed E-state index contributed by atoms with van der Waals surface area (Å²) in [6.07, 6.45) is 1.43. The highest BCUT2D eigenvalue weighted by molar-refractivity contribution is 5.95. The van der Waals surface area contributed by atoms with E-state index in [1.165, 1.54) is 18.3 Å². The minimum Gasteiger partial charge on any atom is -0.504 e. The Labute approximate surface area is 111 Å². The average Bonchev–Trinajstić information content (AvgIpc) is 2.37. The molecule has 0 radical (unpaired) electrons. The summed E-state index contributed by atoms with van der Waals surface area (Å²) in [6.45, 7) is 3.40. The van der Waals surface area contributed by atoms with Crippen LogP contribution in [0, 0.1) is 5.92 Å². The van der Waals surface area contributed by atoms with Crippen molar-refractivity contribution in [2.45, 2.75) is 19.9 Å². The Morgan fingerprint density at radius 1 is 1.47 bits per heavy atom. The van der Waals surface area contributed by atoms with Crippen molar-refractivity contribution in [3.8, 4) is 5.75 Å². The second kappa shape index (κ2) is 6.69. The normalized spacial score (nSPS) is 12.0. The molecule has 0 saturated carbocycles. The Morgan fingerprint density at radius 2 is 2.16 bits per heavy atom. The molecular formula is C12H18N4O3. The number of nitrogens with two attached hydrogens (primary N) is 1. The molecule has 0 saturated heterocycles. The van der Waals surface area contributed by atoms with Gasteiger partial charge in [-0.15, -0.1) is 0 Å². The van der Waals surface area contributed by atoms with Crippen LogP contribution in [0.4, 0.5) is 5.82 Å². The van der Waals surface area contributed by atoms with Crippen LogP contribution < -0.4 is 16.4 Å². The highest BCUT2D eigenvalue weighted by Crippen LogP contribution is 2.17. The number of hydrogen-bond donors (Lipinski definition) is 4. The minimum absolute atomic E-state index is 0.0112. The quantitative estimate of drug-likeness (QED) is 0.590. The van der Waals surface area contributed by atoms with Crippen molar-refractivity contribution in [3.63, 3.8) is 0 Å². The number of carbonyl (C=O) groups is 2. The summed E-state index contributed by atoms with van der Waals surface area (Å²) in [7, 11) is 0. The Kier molecular flexibility index (Phi) is 5.25. The summed E-state index contributed by atoms with van der Waals surface area (Å²) in [5.41, 5.74) is 5.63. The maximum atomic E-state index is 11.5. The fraction of sp³-hybridized carbons (Fsp3) is 0.417. The average molecular weight is 266 g/mol. The van der Waals surface area contributed by atoms with Gasteiger partial charge in [0.25, 0.3) is 0 Å². The van der Waals surface area contributed by atoms with Gasteiger partial charge in [-0.3, -0.25) is 9.59 Å². The van der Waals surface area contributed by atoms with E-state index >= 15 is 0 Å². The van der Waals surface area contributed by atoms with Crippen LogP contribution in [0.5, 0.6) is 5.75 Å². The number of aromatic nitrogens is 1. The van der Waals surface area contributed by atoms with Gasteiger partial charge in [-0.05, 0) is 18.1 Å². The molecule has 104 valence electrons. The third kappa shape index (κ3) is 4.55. The smallest absolute Gasteiger partial charge is 0.245 e. The largest absolute Gasteiger partial charge is 0.504 e. The van der Waals surface area contributed by atoms with Crippen molar-refractivity contribution in [2.75, 3.05) is 11.9 Å². The SMILES string of the molecule is CC(C)[C@H](N)C(=O)NCC(=O)Nc1ncccc1O. The first kappa shape index (κ1) is 14.9. The lowest BCUT2D eigenvalue weighted by Crippen LogP contribution is -2.46. The van der Waals surface area contributed by atoms with E-state index in [0.29, 0.717) is 0 Å². The second-order valence-electron chi connectivity index (χ2n) is 4.41. The van der Waals surface area contributed by atoms with Crippen molar-refractivity contribution < 1.29 is 14.7 Å². The summed E-state index contributed by atoms with van der Waals surface area (Å²) < 4.78 is 0. The molecule has 5 N–H and O–H groups in total. The fourth-order valence-corrected chi connectivity index (χ4v) is 1.26. The maximum absolute atomic E-state index is 11.5. The number of rotatable bonds is 5. The molecule has 1 atom stereocenters. The Balaban J connectivity index is 2.45. The monoisotopic (exact) mass is 266 g/mol. The highest BCUT2D eigenvalue weighted by atomic mass is 16.3. The first-order valence-corrected chi connectivity index (χ1v) is 5.89. The lowest BCUT2D eigenvalue weighted by molar-refractivity contribution is -0.125. The van der Waals surface area contributed by atoms with Crippen LogP contribution in [0.25, 0.3) is 0 Å². The third-order valence-electron chi connectivity index (χ3n) is 2.49. The van der Waals surface area contributed by atoms with Gasteiger partial charge in [-0.25, -0.2) is 4.98 Å². The number of aromatic hydroxyl groups is 1. The number of amides is 2. The summed E-state index contributed by atoms with van der Waals surface area (Å²) in [5, 5.41) is 14.2. The van der Waals surface area contributed by atoms with Gasteiger partial charge in [0, 0.05) is 6.20 Å². The van der Waals surface area contributed by atoms with Crippen molar-refractivity contribution in [1.82, 2.24) is 10.3 Å². The van der Waals surface area contributed by atoms with Crippen molar-refractivity contribution in [1.29, 1.82) is 0 Å². The molecule has 0 aromatic carbocycles. The predicted molar refractivity (Wildman–Crippen MR) is 70.4 cm³/mol. The summed E-state index contributed by atoms with van der Waals surface area (Å²) in [4.78, 5) is 26.9. The molecule has 1 aromatic heterocycles. The molecular weight excluding hydrogens is 248 g/mol. The van der Waals surface area contributed by atoms with E-state index in [-0.39, 0.29) is 24.0 Å². The predicted octanol–water partition coefficient (Wildman–Crippen LogP) is -0.175. The van der Waals surface area contributed by atoms with Gasteiger partial charge in [0.2, 0.25) is 11.8 Å². The Hall–Kier alpha value is -2.15. The molecule has 1 heterocycles. The standard InChI is InChI=1S/C12H18N4O3/c1-7(2)10(13)12(19)15-6-9(18)16-11-8(17)4-3-5-14-11/h3-5,7,10,17H,6,13H2,1-2H3,(H,15,19)(H,14,16,18)/t10-/m0/s1. The van der Waals surface area contributed by atoms with Crippen LogP contribution in [0.3, 0.4) is 0 Å². The first-order valence-electron chi connectivity index (χ1n) is 5.89. The zero-order chi connectivity index (χ0) is 14.4. The van der Waals surface area contributed by atoms with E-state index in [4.69, 9.17) is 5.73 Å². The Bertz CT molecular complexity index is 462. The van der Waals surface area contributed by atoms with Gasteiger partial charge in [0.05, 0.1) is 12.6 Å². The molecule has 0 spiro atoms. The molecule has 2 amide bonds. The van der Waals surface area contributed by atoms with E-state index < -0.39 is 17.9 Å². The molecule has 7 nitrogen and oxygen atoms in total. The molecule has 0 aliphatic carbocycles. The number of nitrogens with one attached hydrogen (secondary N) is 2. The van der Waals surface area contributed by atoms with Crippen LogP contribution in [0.1, 0.15) is 13.8 Å². The molecule has 0 bridgehead atoms. The van der Waals surface area contributed by atoms with Gasteiger partial charge < -0.3 is 21.5 Å². The first-order chi connectivity index (χ1) is 8.91. The molecule has 0 aliphatic heterocycles. The summed E-state index contributed by atoms with van der Waals surface area (Å²) in [5.74, 6) is -0.979. The van der Waals surface area contributed by atoms with E-state index in [1.807, 2.05) is 13.8 Å². The van der Waals surface area contributed by atoms with Gasteiger partial charge >= 0.3 is 0 Å². The number of pyridine rings is 1. The zero-order valence-electron chi connectivity index (χ0n) is 10.9. The summed E-state index contributed by atoms with van der Waals surface area (Å²) in [6, 6.07) is 2.28. The molecule has 0 fully saturated rings. The van der Waals surface area contributed by atoms with Crippen molar-refractivity contribution >= 4 is 17.6 Å². The van der Waals surface area contributed by atoms with Gasteiger partial charge in [-0.2, -0.15) is 0 Å². The molecule has 1 aromatic rings. The molecule has 7 heteroatoms. The van der Waals surface area contributed by atoms with E-state index in [1.54, 1.807) is 0 Å². The number of hydrogen-bond acceptors (Lipinski definition) is 5. The van der Waals surface area contributed by atoms with Crippen LogP contribution in [-0.2, 0) is 9.59 Å². The van der Waals surface area contributed by atoms with E-state index in [9.17, 15) is 14.7 Å². The fourth-order valence-electron chi connectivity index (χ4n) is 1.26. The lowest BCUT2D eigenvalue weighted by Gasteiger charge is -2.15. The summed E-state index contributed by atoms with van der Waals surface area (Å²) >= 11 is 0. The van der Waals surface area contributed by atoms with Crippen LogP contribution in [0.15, 0.2) is 18.3 Å². The molecule has 0 aliphatic rings. The van der Waals surface area contributed by atoms with Crippen molar-refractivity contribution in [3.05, 3.63) is 18.3 Å². The zero-order valence-corrected chi connectivity index (χ0v) is 10.9. The molecule has 19 heavy (non-hydrogen) atoms. The minimum atomic E-state index is -0.656.